The van der Waals surface area contributed by atoms with E-state index in [2.05, 4.69) is 5.32 Å². The molecule has 5 heteroatoms. The first-order valence-electron chi connectivity index (χ1n) is 6.87. The molecule has 0 atom stereocenters. The average molecular weight is 304 g/mol. The van der Waals surface area contributed by atoms with Gasteiger partial charge in [-0.3, -0.25) is 4.31 Å². The van der Waals surface area contributed by atoms with E-state index in [4.69, 9.17) is 0 Å². The van der Waals surface area contributed by atoms with Crippen LogP contribution in [0.25, 0.3) is 0 Å². The molecule has 1 N–H and O–H groups in total. The number of benzene rings is 2. The van der Waals surface area contributed by atoms with Gasteiger partial charge in [0, 0.05) is 19.3 Å². The molecule has 21 heavy (non-hydrogen) atoms. The van der Waals surface area contributed by atoms with Crippen LogP contribution in [0.4, 0.5) is 11.4 Å². The predicted octanol–water partition coefficient (Wildman–Crippen LogP) is 3.25. The summed E-state index contributed by atoms with van der Waals surface area (Å²) in [5, 5.41) is 2.98. The lowest BCUT2D eigenvalue weighted by molar-refractivity contribution is 0.592. The molecule has 0 aliphatic heterocycles. The van der Waals surface area contributed by atoms with Crippen molar-refractivity contribution >= 4 is 21.4 Å². The third-order valence-electron chi connectivity index (χ3n) is 3.40. The number of anilines is 2. The van der Waals surface area contributed by atoms with Gasteiger partial charge in [-0.1, -0.05) is 18.2 Å². The molecule has 0 saturated carbocycles. The van der Waals surface area contributed by atoms with E-state index in [1.54, 1.807) is 31.3 Å². The van der Waals surface area contributed by atoms with Crippen molar-refractivity contribution in [1.82, 2.24) is 0 Å². The summed E-state index contributed by atoms with van der Waals surface area (Å²) < 4.78 is 27.1. The number of para-hydroxylation sites is 1. The second-order valence-corrected chi connectivity index (χ2v) is 6.59. The zero-order valence-corrected chi connectivity index (χ0v) is 13.3. The summed E-state index contributed by atoms with van der Waals surface area (Å²) in [6.45, 7) is 4.14. The van der Waals surface area contributed by atoms with Crippen molar-refractivity contribution < 1.29 is 8.42 Å². The lowest BCUT2D eigenvalue weighted by atomic mass is 10.2. The van der Waals surface area contributed by atoms with E-state index in [1.165, 1.54) is 4.31 Å². The molecule has 0 aliphatic carbocycles. The van der Waals surface area contributed by atoms with Crippen LogP contribution in [0.3, 0.4) is 0 Å². The number of nitrogens with zero attached hydrogens (tertiary/aromatic N) is 1. The highest BCUT2D eigenvalue weighted by molar-refractivity contribution is 7.92. The highest BCUT2D eigenvalue weighted by Crippen LogP contribution is 2.26. The Morgan fingerprint density at radius 3 is 2.19 bits per heavy atom. The van der Waals surface area contributed by atoms with Gasteiger partial charge in [-0.15, -0.1) is 0 Å². The third-order valence-corrected chi connectivity index (χ3v) is 5.31. The Balaban J connectivity index is 2.47. The standard InChI is InChI=1S/C16H20N2O2S/c1-4-18(16-8-6-5-7-13(16)2)21(19,20)15-11-9-14(17-3)10-12-15/h5-12,17H,4H2,1-3H3. The predicted molar refractivity (Wildman–Crippen MR) is 87.4 cm³/mol. The van der Waals surface area contributed by atoms with Crippen molar-refractivity contribution in [3.63, 3.8) is 0 Å². The van der Waals surface area contributed by atoms with E-state index in [1.807, 2.05) is 38.1 Å². The van der Waals surface area contributed by atoms with Crippen LogP contribution < -0.4 is 9.62 Å². The summed E-state index contributed by atoms with van der Waals surface area (Å²) >= 11 is 0. The van der Waals surface area contributed by atoms with Crippen LogP contribution in [0.1, 0.15) is 12.5 Å². The number of hydrogen-bond acceptors (Lipinski definition) is 3. The minimum absolute atomic E-state index is 0.298. The number of aryl methyl sites for hydroxylation is 1. The van der Waals surface area contributed by atoms with Crippen molar-refractivity contribution in [2.75, 3.05) is 23.2 Å². The summed E-state index contributed by atoms with van der Waals surface area (Å²) in [7, 11) is -1.75. The fourth-order valence-electron chi connectivity index (χ4n) is 2.23. The molecule has 2 aromatic carbocycles. The number of rotatable bonds is 5. The van der Waals surface area contributed by atoms with E-state index in [0.29, 0.717) is 11.4 Å². The average Bonchev–Trinajstić information content (AvgIpc) is 2.50. The van der Waals surface area contributed by atoms with Gasteiger partial charge in [-0.25, -0.2) is 8.42 Å². The molecule has 0 unspecified atom stereocenters. The normalized spacial score (nSPS) is 11.2. The maximum atomic E-state index is 12.8. The Morgan fingerprint density at radius 2 is 1.67 bits per heavy atom. The lowest BCUT2D eigenvalue weighted by Gasteiger charge is -2.24. The van der Waals surface area contributed by atoms with Crippen LogP contribution in [0, 0.1) is 6.92 Å². The highest BCUT2D eigenvalue weighted by Gasteiger charge is 2.24. The maximum Gasteiger partial charge on any atom is 0.264 e. The fourth-order valence-corrected chi connectivity index (χ4v) is 3.77. The maximum absolute atomic E-state index is 12.8. The molecule has 0 bridgehead atoms. The van der Waals surface area contributed by atoms with Gasteiger partial charge in [-0.05, 0) is 49.7 Å². The van der Waals surface area contributed by atoms with Crippen molar-refractivity contribution in [3.05, 3.63) is 54.1 Å². The van der Waals surface area contributed by atoms with Gasteiger partial charge in [0.25, 0.3) is 10.0 Å². The zero-order chi connectivity index (χ0) is 15.5. The number of sulfonamides is 1. The zero-order valence-electron chi connectivity index (χ0n) is 12.5. The molecule has 0 radical (unpaired) electrons. The van der Waals surface area contributed by atoms with Crippen LogP contribution in [-0.4, -0.2) is 22.0 Å². The Labute approximate surface area is 126 Å². The van der Waals surface area contributed by atoms with Crippen LogP contribution in [0.5, 0.6) is 0 Å². The molecule has 0 aliphatic rings. The molecule has 0 amide bonds. The molecule has 2 rings (SSSR count). The van der Waals surface area contributed by atoms with Gasteiger partial charge in [0.2, 0.25) is 0 Å². The molecule has 0 heterocycles. The van der Waals surface area contributed by atoms with E-state index >= 15 is 0 Å². The summed E-state index contributed by atoms with van der Waals surface area (Å²) in [5.74, 6) is 0. The minimum atomic E-state index is -3.55. The Kier molecular flexibility index (Phi) is 4.53. The van der Waals surface area contributed by atoms with Gasteiger partial charge < -0.3 is 5.32 Å². The first-order valence-corrected chi connectivity index (χ1v) is 8.31. The molecule has 0 saturated heterocycles. The number of hydrogen-bond donors (Lipinski definition) is 1. The summed E-state index contributed by atoms with van der Waals surface area (Å²) in [6, 6.07) is 14.3. The molecular formula is C16H20N2O2S. The molecule has 0 spiro atoms. The van der Waals surface area contributed by atoms with Crippen LogP contribution >= 0.6 is 0 Å². The number of nitrogens with one attached hydrogen (secondary N) is 1. The Bertz CT molecular complexity index is 709. The minimum Gasteiger partial charge on any atom is -0.388 e. The largest absolute Gasteiger partial charge is 0.388 e. The van der Waals surface area contributed by atoms with Crippen molar-refractivity contribution in [2.24, 2.45) is 0 Å². The monoisotopic (exact) mass is 304 g/mol. The lowest BCUT2D eigenvalue weighted by Crippen LogP contribution is -2.31. The second-order valence-electron chi connectivity index (χ2n) is 4.73. The van der Waals surface area contributed by atoms with Gasteiger partial charge in [0.15, 0.2) is 0 Å². The van der Waals surface area contributed by atoms with Gasteiger partial charge in [0.1, 0.15) is 0 Å². The van der Waals surface area contributed by atoms with E-state index < -0.39 is 10.0 Å². The quantitative estimate of drug-likeness (QED) is 0.922. The van der Waals surface area contributed by atoms with Crippen molar-refractivity contribution in [3.8, 4) is 0 Å². The molecule has 4 nitrogen and oxygen atoms in total. The topological polar surface area (TPSA) is 49.4 Å². The second kappa shape index (κ2) is 6.18. The van der Waals surface area contributed by atoms with E-state index in [0.717, 1.165) is 16.9 Å². The van der Waals surface area contributed by atoms with Gasteiger partial charge >= 0.3 is 0 Å². The van der Waals surface area contributed by atoms with E-state index in [9.17, 15) is 8.42 Å². The third kappa shape index (κ3) is 3.03. The summed E-state index contributed by atoms with van der Waals surface area (Å²) in [6.07, 6.45) is 0. The van der Waals surface area contributed by atoms with Crippen molar-refractivity contribution in [2.45, 2.75) is 18.7 Å². The van der Waals surface area contributed by atoms with Gasteiger partial charge in [0.05, 0.1) is 10.6 Å². The molecule has 112 valence electrons. The van der Waals surface area contributed by atoms with Gasteiger partial charge in [-0.2, -0.15) is 0 Å². The molecular weight excluding hydrogens is 284 g/mol. The first-order chi connectivity index (χ1) is 10.0. The smallest absolute Gasteiger partial charge is 0.264 e. The SMILES string of the molecule is CCN(c1ccccc1C)S(=O)(=O)c1ccc(NC)cc1. The molecule has 2 aromatic rings. The van der Waals surface area contributed by atoms with Crippen molar-refractivity contribution in [1.29, 1.82) is 0 Å². The molecule has 0 fully saturated rings. The van der Waals surface area contributed by atoms with E-state index in [-0.39, 0.29) is 0 Å². The van der Waals surface area contributed by atoms with Crippen LogP contribution in [0.15, 0.2) is 53.4 Å². The fraction of sp³-hybridized carbons (Fsp3) is 0.250. The summed E-state index contributed by atoms with van der Waals surface area (Å²) in [4.78, 5) is 0.298. The Hall–Kier alpha value is -2.01. The highest BCUT2D eigenvalue weighted by atomic mass is 32.2. The van der Waals surface area contributed by atoms with Crippen LogP contribution in [-0.2, 0) is 10.0 Å². The first kappa shape index (κ1) is 15.4. The Morgan fingerprint density at radius 1 is 1.05 bits per heavy atom. The molecule has 0 aromatic heterocycles. The summed E-state index contributed by atoms with van der Waals surface area (Å²) in [5.41, 5.74) is 2.54. The van der Waals surface area contributed by atoms with Crippen LogP contribution in [0.2, 0.25) is 0 Å².